The first-order valence-corrected chi connectivity index (χ1v) is 45.7. The minimum absolute atomic E-state index is 0.00385. The molecule has 0 saturated carbocycles. The SMILES string of the molecule is CCC(=O)NC(CCC(=O)NCCOCCOCCNS(=O)(=O)c1cccc([C@@H]2CN(C)Cc3c(Cl)cc(Cl)cc32)c1)(CCC(=O)NCCOCCOCCNS(=O)(=O)c1cccc([C@@H]2CN(C)Cc3c(Cl)cc(Cl)cc32)c1)CCC(=O)NCCOCCOCCOCCNS(=O)(=O)c1cccc([C@@H]2CN(C)Cc3c(Cl)cc(Cl)cc32)c1. The Labute approximate surface area is 717 Å². The van der Waals surface area contributed by atoms with Crippen LogP contribution in [0.3, 0.4) is 0 Å². The lowest BCUT2D eigenvalue weighted by atomic mass is 9.83. The van der Waals surface area contributed by atoms with Crippen molar-refractivity contribution in [2.45, 2.75) is 109 Å². The van der Waals surface area contributed by atoms with Crippen LogP contribution in [-0.4, -0.2) is 242 Å². The van der Waals surface area contributed by atoms with Gasteiger partial charge in [-0.25, -0.2) is 39.4 Å². The first-order valence-electron chi connectivity index (χ1n) is 39.0. The molecule has 3 aliphatic rings. The molecule has 6 aromatic rings. The molecule has 0 unspecified atom stereocenters. The van der Waals surface area contributed by atoms with Gasteiger partial charge in [0, 0.05) is 158 Å². The van der Waals surface area contributed by atoms with Crippen molar-refractivity contribution in [3.05, 3.63) is 189 Å². The molecule has 9 rings (SSSR count). The molecule has 3 heterocycles. The molecule has 0 fully saturated rings. The van der Waals surface area contributed by atoms with E-state index in [0.717, 1.165) is 50.1 Å². The van der Waals surface area contributed by atoms with Crippen LogP contribution in [0.5, 0.6) is 0 Å². The molecule has 0 saturated heterocycles. The number of sulfonamides is 3. The Balaban J connectivity index is 0.668. The van der Waals surface area contributed by atoms with E-state index in [0.29, 0.717) is 69.4 Å². The predicted octanol–water partition coefficient (Wildman–Crippen LogP) is 9.64. The van der Waals surface area contributed by atoms with Crippen LogP contribution < -0.4 is 35.4 Å². The van der Waals surface area contributed by atoms with Gasteiger partial charge in [-0.2, -0.15) is 0 Å². The van der Waals surface area contributed by atoms with Gasteiger partial charge < -0.3 is 69.1 Å². The molecule has 0 spiro atoms. The lowest BCUT2D eigenvalue weighted by Crippen LogP contribution is -2.50. The van der Waals surface area contributed by atoms with E-state index in [-0.39, 0.29) is 233 Å². The first-order chi connectivity index (χ1) is 56.0. The summed E-state index contributed by atoms with van der Waals surface area (Å²) in [6, 6.07) is 31.3. The average molecular weight is 1800 g/mol. The lowest BCUT2D eigenvalue weighted by molar-refractivity contribution is -0.127. The van der Waals surface area contributed by atoms with E-state index in [1.165, 1.54) is 12.1 Å². The Hall–Kier alpha value is -5.73. The monoisotopic (exact) mass is 1800 g/mol. The second kappa shape index (κ2) is 47.1. The highest BCUT2D eigenvalue weighted by atomic mass is 35.5. The zero-order valence-corrected chi connectivity index (χ0v) is 73.2. The van der Waals surface area contributed by atoms with E-state index < -0.39 is 35.6 Å². The molecule has 0 bridgehead atoms. The maximum absolute atomic E-state index is 13.5. The Bertz CT molecular complexity index is 4500. The molecular weight excluding hydrogens is 1690 g/mol. The van der Waals surface area contributed by atoms with Crippen molar-refractivity contribution in [2.24, 2.45) is 0 Å². The van der Waals surface area contributed by atoms with Crippen molar-refractivity contribution >= 4 is 123 Å². The van der Waals surface area contributed by atoms with Gasteiger partial charge in [-0.05, 0) is 163 Å². The van der Waals surface area contributed by atoms with E-state index >= 15 is 0 Å². The van der Waals surface area contributed by atoms with Gasteiger partial charge in [-0.3, -0.25) is 19.2 Å². The normalized spacial score (nSPS) is 16.1. The van der Waals surface area contributed by atoms with Gasteiger partial charge in [0.25, 0.3) is 0 Å². The number of amides is 4. The minimum Gasteiger partial charge on any atom is -0.378 e. The molecule has 3 aliphatic heterocycles. The second-order valence-corrected chi connectivity index (χ2v) is 36.9. The van der Waals surface area contributed by atoms with Crippen molar-refractivity contribution in [3.63, 3.8) is 0 Å². The van der Waals surface area contributed by atoms with E-state index in [9.17, 15) is 44.4 Å². The Morgan fingerprint density at radius 2 is 0.641 bits per heavy atom. The lowest BCUT2D eigenvalue weighted by Gasteiger charge is -2.35. The molecular formula is C81H106Cl6N10O17S3. The molecule has 117 heavy (non-hydrogen) atoms. The van der Waals surface area contributed by atoms with Gasteiger partial charge in [0.1, 0.15) is 0 Å². The summed E-state index contributed by atoms with van der Waals surface area (Å²) in [6.07, 6.45) is 0.100. The standard InChI is InChI=1S/C81H106Cl6N10O17S3/c1-5-77(98)94-81(18-15-78(99)88-21-27-108-33-35-111-30-24-91-115(102,103)62-12-6-9-56(41-62)68-50-95(2)53-71-65(68)44-59(82)47-74(71)85,19-16-79(100)89-22-28-109-34-36-112-31-25-92-116(104,105)63-13-7-10-57(42-63)69-51-96(3)54-72-66(69)45-60(83)48-75(72)86)20-17-80(101)90-23-29-110-37-39-114-40-38-113-32-26-93-117(106,107)64-14-8-11-58(43-64)70-52-97(4)55-73-67(70)46-61(84)49-76(73)87/h6-14,41-49,68-70,91-93H,5,15-40,50-55H2,1-4H3,(H,88,99)(H,89,100)(H,90,101)(H,94,98)/t68-,69-,70-/m0/s1. The summed E-state index contributed by atoms with van der Waals surface area (Å²) >= 11 is 38.9. The number of carbonyl (C=O) groups excluding carboxylic acids is 4. The fourth-order valence-corrected chi connectivity index (χ4v) is 19.2. The van der Waals surface area contributed by atoms with Crippen molar-refractivity contribution in [1.29, 1.82) is 0 Å². The molecule has 27 nitrogen and oxygen atoms in total. The van der Waals surface area contributed by atoms with Crippen LogP contribution in [0.15, 0.2) is 124 Å². The van der Waals surface area contributed by atoms with Crippen molar-refractivity contribution in [3.8, 4) is 0 Å². The fourth-order valence-electron chi connectivity index (χ4n) is 14.3. The molecule has 0 aliphatic carbocycles. The van der Waals surface area contributed by atoms with Crippen LogP contribution in [0.4, 0.5) is 0 Å². The molecule has 7 N–H and O–H groups in total. The molecule has 0 radical (unpaired) electrons. The number of likely N-dealkylation sites (N-methyl/N-ethyl adjacent to an activating group) is 3. The van der Waals surface area contributed by atoms with Gasteiger partial charge in [-0.15, -0.1) is 0 Å². The largest absolute Gasteiger partial charge is 0.378 e. The summed E-state index contributed by atoms with van der Waals surface area (Å²) in [7, 11) is -5.70. The number of rotatable bonds is 50. The number of nitrogens with zero attached hydrogens (tertiary/aromatic N) is 3. The number of halogens is 6. The maximum atomic E-state index is 13.5. The molecule has 642 valence electrons. The van der Waals surface area contributed by atoms with Crippen LogP contribution in [-0.2, 0) is 102 Å². The highest BCUT2D eigenvalue weighted by Gasteiger charge is 2.36. The van der Waals surface area contributed by atoms with E-state index in [1.54, 1.807) is 67.6 Å². The second-order valence-electron chi connectivity index (χ2n) is 29.0. The Morgan fingerprint density at radius 3 is 0.915 bits per heavy atom. The molecule has 36 heteroatoms. The van der Waals surface area contributed by atoms with Gasteiger partial charge in [0.2, 0.25) is 53.7 Å². The van der Waals surface area contributed by atoms with E-state index in [2.05, 4.69) is 50.1 Å². The zero-order valence-electron chi connectivity index (χ0n) is 66.2. The summed E-state index contributed by atoms with van der Waals surface area (Å²) in [5.41, 5.74) is 7.04. The van der Waals surface area contributed by atoms with Crippen molar-refractivity contribution in [1.82, 2.24) is 50.1 Å². The van der Waals surface area contributed by atoms with E-state index in [1.807, 2.05) is 57.5 Å². The molecule has 0 aromatic heterocycles. The number of hydrogen-bond donors (Lipinski definition) is 7. The van der Waals surface area contributed by atoms with Crippen LogP contribution >= 0.6 is 69.6 Å². The zero-order chi connectivity index (χ0) is 84.1. The third-order valence-electron chi connectivity index (χ3n) is 20.2. The summed E-state index contributed by atoms with van der Waals surface area (Å²) < 4.78 is 128. The van der Waals surface area contributed by atoms with Gasteiger partial charge in [0.15, 0.2) is 0 Å². The Kier molecular flexibility index (Phi) is 38.3. The number of hydrogen-bond acceptors (Lipinski definition) is 20. The van der Waals surface area contributed by atoms with Crippen molar-refractivity contribution < 1.29 is 77.6 Å². The summed E-state index contributed by atoms with van der Waals surface area (Å²) in [5.74, 6) is -1.85. The summed E-state index contributed by atoms with van der Waals surface area (Å²) in [4.78, 5) is 60.4. The third-order valence-corrected chi connectivity index (χ3v) is 26.3. The topological polar surface area (TPSA) is 329 Å². The van der Waals surface area contributed by atoms with Crippen LogP contribution in [0.2, 0.25) is 30.1 Å². The van der Waals surface area contributed by atoms with Crippen molar-refractivity contribution in [2.75, 3.05) is 173 Å². The van der Waals surface area contributed by atoms with Gasteiger partial charge >= 0.3 is 0 Å². The highest BCUT2D eigenvalue weighted by Crippen LogP contribution is 2.42. The van der Waals surface area contributed by atoms with Crippen LogP contribution in [0, 0.1) is 0 Å². The molecule has 4 amide bonds. The van der Waals surface area contributed by atoms with Crippen LogP contribution in [0.1, 0.15) is 120 Å². The van der Waals surface area contributed by atoms with E-state index in [4.69, 9.17) is 103 Å². The minimum atomic E-state index is -3.90. The maximum Gasteiger partial charge on any atom is 0.240 e. The van der Waals surface area contributed by atoms with Gasteiger partial charge in [0.05, 0.1) is 107 Å². The number of carbonyl (C=O) groups is 4. The Morgan fingerprint density at radius 1 is 0.376 bits per heavy atom. The third kappa shape index (κ3) is 29.8. The number of fused-ring (bicyclic) bond motifs is 3. The number of nitrogens with one attached hydrogen (secondary N) is 7. The molecule has 6 aromatic carbocycles. The van der Waals surface area contributed by atoms with Crippen LogP contribution in [0.25, 0.3) is 0 Å². The number of ether oxygens (including phenoxy) is 7. The first kappa shape index (κ1) is 95.1. The smallest absolute Gasteiger partial charge is 0.240 e. The predicted molar refractivity (Wildman–Crippen MR) is 452 cm³/mol. The number of benzene rings is 6. The highest BCUT2D eigenvalue weighted by molar-refractivity contribution is 7.90. The van der Waals surface area contributed by atoms with Gasteiger partial charge in [-0.1, -0.05) is 113 Å². The molecule has 3 atom stereocenters. The fraction of sp³-hybridized carbons (Fsp3) is 0.506. The quantitative estimate of drug-likeness (QED) is 0.0175. The summed E-state index contributed by atoms with van der Waals surface area (Å²) in [5, 5.41) is 14.8. The average Bonchev–Trinajstić information content (AvgIpc) is 0.781. The summed E-state index contributed by atoms with van der Waals surface area (Å²) in [6.45, 7) is 8.13.